The fourth-order valence-electron chi connectivity index (χ4n) is 3.66. The summed E-state index contributed by atoms with van der Waals surface area (Å²) in [5.74, 6) is 0.970. The molecule has 5 nitrogen and oxygen atoms in total. The van der Waals surface area contributed by atoms with Crippen LogP contribution in [-0.2, 0) is 4.74 Å². The highest BCUT2D eigenvalue weighted by atomic mass is 35.5. The van der Waals surface area contributed by atoms with Crippen LogP contribution in [0.2, 0.25) is 0 Å². The summed E-state index contributed by atoms with van der Waals surface area (Å²) in [5, 5.41) is 8.85. The minimum Gasteiger partial charge on any atom is -0.375 e. The lowest BCUT2D eigenvalue weighted by Crippen LogP contribution is -2.44. The van der Waals surface area contributed by atoms with Gasteiger partial charge in [0.1, 0.15) is 11.9 Å². The van der Waals surface area contributed by atoms with Gasteiger partial charge in [0.05, 0.1) is 17.8 Å². The molecule has 1 aromatic rings. The van der Waals surface area contributed by atoms with Crippen LogP contribution in [-0.4, -0.2) is 54.3 Å². The maximum atomic E-state index is 8.85. The standard InChI is InChI=1S/C19H28N4O.ClH/c1-15(2)22-9-5-17(6-10-22)24-18-7-11-23(12-8-18)19-4-3-16(13-20)14-21-19;/h3-4,14-15,17-18H,5-12H2,1-2H3;1H. The first-order valence-corrected chi connectivity index (χ1v) is 9.16. The zero-order valence-corrected chi connectivity index (χ0v) is 16.0. The van der Waals surface area contributed by atoms with Crippen LogP contribution in [0.1, 0.15) is 45.1 Å². The Labute approximate surface area is 157 Å². The van der Waals surface area contributed by atoms with Crippen LogP contribution in [0.25, 0.3) is 0 Å². The van der Waals surface area contributed by atoms with E-state index in [0.29, 0.717) is 23.8 Å². The lowest BCUT2D eigenvalue weighted by atomic mass is 10.0. The molecule has 0 saturated carbocycles. The van der Waals surface area contributed by atoms with E-state index < -0.39 is 0 Å². The molecule has 2 fully saturated rings. The van der Waals surface area contributed by atoms with Gasteiger partial charge in [-0.2, -0.15) is 5.26 Å². The molecule has 0 N–H and O–H groups in total. The van der Waals surface area contributed by atoms with Gasteiger partial charge in [-0.05, 0) is 51.7 Å². The van der Waals surface area contributed by atoms with Crippen LogP contribution in [0.5, 0.6) is 0 Å². The number of hydrogen-bond donors (Lipinski definition) is 0. The predicted octanol–water partition coefficient (Wildman–Crippen LogP) is 3.23. The quantitative estimate of drug-likeness (QED) is 0.820. The Hall–Kier alpha value is -1.35. The molecule has 3 rings (SSSR count). The summed E-state index contributed by atoms with van der Waals surface area (Å²) in [6, 6.07) is 6.55. The minimum atomic E-state index is 0. The molecule has 0 unspecified atom stereocenters. The number of anilines is 1. The third-order valence-electron chi connectivity index (χ3n) is 5.23. The van der Waals surface area contributed by atoms with Crippen molar-refractivity contribution in [2.24, 2.45) is 0 Å². The lowest BCUT2D eigenvalue weighted by Gasteiger charge is -2.38. The largest absolute Gasteiger partial charge is 0.375 e. The highest BCUT2D eigenvalue weighted by Gasteiger charge is 2.26. The van der Waals surface area contributed by atoms with Gasteiger partial charge in [0.2, 0.25) is 0 Å². The van der Waals surface area contributed by atoms with Gasteiger partial charge >= 0.3 is 0 Å². The van der Waals surface area contributed by atoms with E-state index in [-0.39, 0.29) is 12.4 Å². The van der Waals surface area contributed by atoms with Gasteiger partial charge in [-0.15, -0.1) is 12.4 Å². The Morgan fingerprint density at radius 2 is 1.68 bits per heavy atom. The smallest absolute Gasteiger partial charge is 0.128 e. The number of pyridine rings is 1. The molecule has 2 aliphatic heterocycles. The number of aromatic nitrogens is 1. The molecular weight excluding hydrogens is 336 g/mol. The van der Waals surface area contributed by atoms with E-state index in [1.54, 1.807) is 6.20 Å². The summed E-state index contributed by atoms with van der Waals surface area (Å²) in [5.41, 5.74) is 0.615. The van der Waals surface area contributed by atoms with Gasteiger partial charge in [0, 0.05) is 38.4 Å². The summed E-state index contributed by atoms with van der Waals surface area (Å²) in [4.78, 5) is 9.23. The molecule has 0 amide bonds. The zero-order valence-electron chi connectivity index (χ0n) is 15.2. The van der Waals surface area contributed by atoms with Crippen LogP contribution in [0.3, 0.4) is 0 Å². The number of halogens is 1. The van der Waals surface area contributed by atoms with E-state index in [9.17, 15) is 0 Å². The van der Waals surface area contributed by atoms with Crippen molar-refractivity contribution < 1.29 is 4.74 Å². The van der Waals surface area contributed by atoms with Gasteiger partial charge < -0.3 is 14.5 Å². The second kappa shape index (κ2) is 9.38. The highest BCUT2D eigenvalue weighted by Crippen LogP contribution is 2.24. The second-order valence-electron chi connectivity index (χ2n) is 7.17. The van der Waals surface area contributed by atoms with Crippen LogP contribution < -0.4 is 4.90 Å². The maximum absolute atomic E-state index is 8.85. The van der Waals surface area contributed by atoms with Crippen LogP contribution in [0.4, 0.5) is 5.82 Å². The number of ether oxygens (including phenoxy) is 1. The van der Waals surface area contributed by atoms with Crippen LogP contribution in [0, 0.1) is 11.3 Å². The molecule has 0 atom stereocenters. The first-order valence-electron chi connectivity index (χ1n) is 9.16. The van der Waals surface area contributed by atoms with Gasteiger partial charge in [0.25, 0.3) is 0 Å². The molecule has 0 aromatic carbocycles. The van der Waals surface area contributed by atoms with Gasteiger partial charge in [-0.3, -0.25) is 0 Å². The average molecular weight is 365 g/mol. The SMILES string of the molecule is CC(C)N1CCC(OC2CCN(c3ccc(C#N)cn3)CC2)CC1.Cl. The minimum absolute atomic E-state index is 0. The van der Waals surface area contributed by atoms with E-state index in [2.05, 4.69) is 34.7 Å². The van der Waals surface area contributed by atoms with Gasteiger partial charge in [-0.1, -0.05) is 0 Å². The first-order chi connectivity index (χ1) is 11.7. The van der Waals surface area contributed by atoms with Crippen molar-refractivity contribution in [3.8, 4) is 6.07 Å². The van der Waals surface area contributed by atoms with E-state index >= 15 is 0 Å². The molecule has 2 aliphatic rings. The van der Waals surface area contributed by atoms with Gasteiger partial charge in [0.15, 0.2) is 0 Å². The molecule has 0 bridgehead atoms. The van der Waals surface area contributed by atoms with Crippen molar-refractivity contribution in [2.45, 2.75) is 57.8 Å². The summed E-state index contributed by atoms with van der Waals surface area (Å²) in [7, 11) is 0. The maximum Gasteiger partial charge on any atom is 0.128 e. The average Bonchev–Trinajstić information content (AvgIpc) is 2.63. The van der Waals surface area contributed by atoms with Crippen molar-refractivity contribution in [3.63, 3.8) is 0 Å². The molecule has 1 aromatic heterocycles. The predicted molar refractivity (Wildman–Crippen MR) is 102 cm³/mol. The second-order valence-corrected chi connectivity index (χ2v) is 7.17. The molecule has 0 radical (unpaired) electrons. The number of nitrogens with zero attached hydrogens (tertiary/aromatic N) is 4. The number of nitriles is 1. The fourth-order valence-corrected chi connectivity index (χ4v) is 3.66. The number of rotatable bonds is 4. The van der Waals surface area contributed by atoms with Crippen molar-refractivity contribution in [3.05, 3.63) is 23.9 Å². The molecule has 2 saturated heterocycles. The Bertz CT molecular complexity index is 556. The third kappa shape index (κ3) is 5.31. The monoisotopic (exact) mass is 364 g/mol. The van der Waals surface area contributed by atoms with E-state index in [1.807, 2.05) is 12.1 Å². The molecule has 138 valence electrons. The van der Waals surface area contributed by atoms with Crippen molar-refractivity contribution >= 4 is 18.2 Å². The molecule has 6 heteroatoms. The third-order valence-corrected chi connectivity index (χ3v) is 5.23. The van der Waals surface area contributed by atoms with Crippen molar-refractivity contribution in [1.29, 1.82) is 5.26 Å². The number of hydrogen-bond acceptors (Lipinski definition) is 5. The van der Waals surface area contributed by atoms with Crippen molar-refractivity contribution in [1.82, 2.24) is 9.88 Å². The Kier molecular flexibility index (Phi) is 7.49. The van der Waals surface area contributed by atoms with E-state index in [1.165, 1.54) is 0 Å². The highest BCUT2D eigenvalue weighted by molar-refractivity contribution is 5.85. The zero-order chi connectivity index (χ0) is 16.9. The topological polar surface area (TPSA) is 52.4 Å². The van der Waals surface area contributed by atoms with Gasteiger partial charge in [-0.25, -0.2) is 4.98 Å². The summed E-state index contributed by atoms with van der Waals surface area (Å²) in [6.07, 6.45) is 6.92. The molecule has 0 spiro atoms. The summed E-state index contributed by atoms with van der Waals surface area (Å²) in [6.45, 7) is 8.83. The fraction of sp³-hybridized carbons (Fsp3) is 0.684. The van der Waals surface area contributed by atoms with Crippen LogP contribution in [0.15, 0.2) is 18.3 Å². The van der Waals surface area contributed by atoms with E-state index in [0.717, 1.165) is 57.7 Å². The summed E-state index contributed by atoms with van der Waals surface area (Å²) >= 11 is 0. The number of piperidine rings is 2. The Balaban J connectivity index is 0.00000225. The number of likely N-dealkylation sites (tertiary alicyclic amines) is 1. The Morgan fingerprint density at radius 3 is 2.16 bits per heavy atom. The lowest BCUT2D eigenvalue weighted by molar-refractivity contribution is -0.0540. The molecular formula is C19H29ClN4O. The van der Waals surface area contributed by atoms with Crippen LogP contribution >= 0.6 is 12.4 Å². The Morgan fingerprint density at radius 1 is 1.08 bits per heavy atom. The summed E-state index contributed by atoms with van der Waals surface area (Å²) < 4.78 is 6.36. The van der Waals surface area contributed by atoms with E-state index in [4.69, 9.17) is 10.00 Å². The van der Waals surface area contributed by atoms with Crippen molar-refractivity contribution in [2.75, 3.05) is 31.1 Å². The molecule has 0 aliphatic carbocycles. The first kappa shape index (κ1) is 20.0. The molecule has 3 heterocycles. The molecule has 25 heavy (non-hydrogen) atoms. The normalized spacial score (nSPS) is 20.3.